The summed E-state index contributed by atoms with van der Waals surface area (Å²) in [5.41, 5.74) is 5.05. The van der Waals surface area contributed by atoms with Gasteiger partial charge in [-0.25, -0.2) is 19.6 Å². The molecule has 16 nitrogen and oxygen atoms in total. The van der Waals surface area contributed by atoms with Gasteiger partial charge < -0.3 is 49.7 Å². The lowest BCUT2D eigenvalue weighted by Gasteiger charge is -2.27. The molecule has 2 aliphatic heterocycles. The Bertz CT molecular complexity index is 1790. The first-order valence-electron chi connectivity index (χ1n) is 18.0. The second kappa shape index (κ2) is 17.1. The van der Waals surface area contributed by atoms with Crippen molar-refractivity contribution in [2.45, 2.75) is 75.0 Å². The van der Waals surface area contributed by atoms with Crippen molar-refractivity contribution in [1.29, 1.82) is 0 Å². The number of rotatable bonds is 13. The summed E-state index contributed by atoms with van der Waals surface area (Å²) in [5, 5.41) is 14.0. The molecule has 5 N–H and O–H groups in total. The largest absolute Gasteiger partial charge is 0.465 e. The normalized spacial score (nSPS) is 21.2. The number of hydrogen-bond donors (Lipinski definition) is 5. The predicted octanol–water partition coefficient (Wildman–Crippen LogP) is 4.13. The number of methoxy groups -OCH3 is 3. The zero-order valence-corrected chi connectivity index (χ0v) is 30.3. The van der Waals surface area contributed by atoms with E-state index in [0.29, 0.717) is 24.8 Å². The van der Waals surface area contributed by atoms with Crippen LogP contribution in [0.2, 0.25) is 0 Å². The van der Waals surface area contributed by atoms with Gasteiger partial charge in [-0.1, -0.05) is 30.3 Å². The van der Waals surface area contributed by atoms with Gasteiger partial charge in [0.05, 0.1) is 43.8 Å². The molecule has 16 heteroatoms. The standard InChI is InChI=1S/C37H48N8O8/c1-51-20-28(42-36(48)49)34(46)44-16-4-6-30(44)32-38-18-26(40-32)24-12-8-22(9-13-24)23-10-14-25(15-11-23)27-19-39-33(41-27)31-7-5-17-45(31)35(47)29(21-52-2)43-37(50)53-3/h8-9,12-14,18-19,23,28-31,42H,4-7,10-11,15-17,20-21H2,1-3H3,(H,38,40)(H,39,41)(H,43,50)(H,48,49)/t23?,28-,29-,30-,31-/m0/s1. The molecular weight excluding hydrogens is 684 g/mol. The number of carbonyl (C=O) groups excluding carboxylic acids is 3. The van der Waals surface area contributed by atoms with Gasteiger partial charge in [0.2, 0.25) is 11.8 Å². The summed E-state index contributed by atoms with van der Waals surface area (Å²) < 4.78 is 15.0. The highest BCUT2D eigenvalue weighted by atomic mass is 16.5. The first-order valence-corrected chi connectivity index (χ1v) is 18.0. The zero-order valence-electron chi connectivity index (χ0n) is 30.3. The summed E-state index contributed by atoms with van der Waals surface area (Å²) in [5.74, 6) is 1.21. The first kappa shape index (κ1) is 37.5. The monoisotopic (exact) mass is 732 g/mol. The van der Waals surface area contributed by atoms with Crippen LogP contribution in [0.3, 0.4) is 0 Å². The smallest absolute Gasteiger partial charge is 0.407 e. The summed E-state index contributed by atoms with van der Waals surface area (Å²) in [7, 11) is 4.17. The van der Waals surface area contributed by atoms with Crippen LogP contribution in [-0.2, 0) is 23.8 Å². The second-order valence-electron chi connectivity index (χ2n) is 13.6. The van der Waals surface area contributed by atoms with E-state index in [1.165, 1.54) is 32.5 Å². The molecule has 0 radical (unpaired) electrons. The van der Waals surface area contributed by atoms with Crippen molar-refractivity contribution in [2.24, 2.45) is 0 Å². The highest BCUT2D eigenvalue weighted by Gasteiger charge is 2.38. The molecule has 2 fully saturated rings. The number of H-pyrrole nitrogens is 2. The van der Waals surface area contributed by atoms with Gasteiger partial charge in [-0.3, -0.25) is 9.59 Å². The molecule has 2 aromatic heterocycles. The van der Waals surface area contributed by atoms with Gasteiger partial charge in [0.25, 0.3) is 0 Å². The second-order valence-corrected chi connectivity index (χ2v) is 13.6. The average Bonchev–Trinajstić information content (AvgIpc) is 4.00. The van der Waals surface area contributed by atoms with E-state index in [2.05, 4.69) is 50.9 Å². The van der Waals surface area contributed by atoms with E-state index in [1.54, 1.807) is 9.80 Å². The van der Waals surface area contributed by atoms with Crippen LogP contribution in [-0.4, -0.2) is 119 Å². The van der Waals surface area contributed by atoms with E-state index < -0.39 is 24.3 Å². The number of nitrogens with one attached hydrogen (secondary N) is 4. The molecule has 284 valence electrons. The number of benzene rings is 1. The molecule has 53 heavy (non-hydrogen) atoms. The van der Waals surface area contributed by atoms with Gasteiger partial charge in [-0.15, -0.1) is 0 Å². The molecule has 0 spiro atoms. The van der Waals surface area contributed by atoms with Gasteiger partial charge in [0.1, 0.15) is 23.7 Å². The van der Waals surface area contributed by atoms with E-state index in [0.717, 1.165) is 67.7 Å². The number of likely N-dealkylation sites (tertiary alicyclic amines) is 2. The van der Waals surface area contributed by atoms with Crippen molar-refractivity contribution in [3.05, 3.63) is 65.6 Å². The Kier molecular flexibility index (Phi) is 12.1. The number of nitrogens with zero attached hydrogens (tertiary/aromatic N) is 4. The molecular formula is C37H48N8O8. The Morgan fingerprint density at radius 3 is 1.92 bits per heavy atom. The molecule has 3 aromatic rings. The zero-order chi connectivity index (χ0) is 37.5. The number of imidazole rings is 2. The molecule has 0 saturated carbocycles. The third-order valence-electron chi connectivity index (χ3n) is 10.4. The number of aromatic nitrogens is 4. The third-order valence-corrected chi connectivity index (χ3v) is 10.4. The van der Waals surface area contributed by atoms with Crippen LogP contribution in [0.25, 0.3) is 16.8 Å². The molecule has 4 amide bonds. The van der Waals surface area contributed by atoms with Crippen molar-refractivity contribution in [1.82, 2.24) is 40.4 Å². The number of amides is 4. The van der Waals surface area contributed by atoms with Crippen molar-refractivity contribution in [3.8, 4) is 11.3 Å². The number of hydrogen-bond acceptors (Lipinski definition) is 9. The molecule has 1 aliphatic carbocycles. The summed E-state index contributed by atoms with van der Waals surface area (Å²) >= 11 is 0. The minimum Gasteiger partial charge on any atom is -0.465 e. The molecule has 0 bridgehead atoms. The number of alkyl carbamates (subject to hydrolysis) is 1. The average molecular weight is 733 g/mol. The van der Waals surface area contributed by atoms with E-state index >= 15 is 0 Å². The highest BCUT2D eigenvalue weighted by Crippen LogP contribution is 2.38. The Hall–Kier alpha value is -5.22. The lowest BCUT2D eigenvalue weighted by atomic mass is 9.83. The predicted molar refractivity (Wildman–Crippen MR) is 193 cm³/mol. The van der Waals surface area contributed by atoms with Crippen molar-refractivity contribution in [3.63, 3.8) is 0 Å². The molecule has 4 heterocycles. The van der Waals surface area contributed by atoms with Gasteiger partial charge in [-0.2, -0.15) is 0 Å². The van der Waals surface area contributed by atoms with Crippen LogP contribution in [0.1, 0.15) is 85.9 Å². The molecule has 5 atom stereocenters. The Morgan fingerprint density at radius 2 is 1.40 bits per heavy atom. The van der Waals surface area contributed by atoms with Gasteiger partial charge in [0.15, 0.2) is 0 Å². The maximum absolute atomic E-state index is 13.4. The SMILES string of the molecule is COC[C@H](NC(=O)O)C(=O)N1CCC[C@H]1c1nc(-c2ccc(C3CC=C(c4c[nH]c([C@@H]5CCCN5C(=O)[C@H](COC)NC(=O)OC)n4)CC3)cc2)c[nH]1. The van der Waals surface area contributed by atoms with Crippen LogP contribution in [0.4, 0.5) is 9.59 Å². The van der Waals surface area contributed by atoms with Crippen LogP contribution in [0.5, 0.6) is 0 Å². The van der Waals surface area contributed by atoms with Gasteiger partial charge in [-0.05, 0) is 62.0 Å². The Balaban J connectivity index is 1.06. The lowest BCUT2D eigenvalue weighted by Crippen LogP contribution is -2.50. The fourth-order valence-corrected chi connectivity index (χ4v) is 7.69. The number of allylic oxidation sites excluding steroid dienone is 2. The molecule has 2 saturated heterocycles. The van der Waals surface area contributed by atoms with E-state index in [4.69, 9.17) is 24.2 Å². The number of carboxylic acid groups (broad SMARTS) is 1. The fourth-order valence-electron chi connectivity index (χ4n) is 7.69. The summed E-state index contributed by atoms with van der Waals surface area (Å²) in [6.07, 6.45) is 9.90. The first-order chi connectivity index (χ1) is 25.7. The Morgan fingerprint density at radius 1 is 0.830 bits per heavy atom. The van der Waals surface area contributed by atoms with E-state index in [9.17, 15) is 24.3 Å². The molecule has 1 aromatic carbocycles. The van der Waals surface area contributed by atoms with Crippen LogP contribution < -0.4 is 10.6 Å². The van der Waals surface area contributed by atoms with Crippen LogP contribution in [0, 0.1) is 0 Å². The van der Waals surface area contributed by atoms with Crippen molar-refractivity contribution < 1.29 is 38.5 Å². The maximum Gasteiger partial charge on any atom is 0.407 e. The quantitative estimate of drug-likeness (QED) is 0.170. The fraction of sp³-hybridized carbons (Fsp3) is 0.514. The topological polar surface area (TPSA) is 204 Å². The Labute approximate surface area is 307 Å². The van der Waals surface area contributed by atoms with E-state index in [-0.39, 0.29) is 37.1 Å². The van der Waals surface area contributed by atoms with Crippen LogP contribution >= 0.6 is 0 Å². The number of aromatic amines is 2. The molecule has 1 unspecified atom stereocenters. The molecule has 3 aliphatic rings. The van der Waals surface area contributed by atoms with Crippen molar-refractivity contribution in [2.75, 3.05) is 47.6 Å². The highest BCUT2D eigenvalue weighted by molar-refractivity contribution is 5.87. The third kappa shape index (κ3) is 8.54. The van der Waals surface area contributed by atoms with Gasteiger partial charge >= 0.3 is 12.2 Å². The summed E-state index contributed by atoms with van der Waals surface area (Å²) in [6, 6.07) is 6.12. The number of carbonyl (C=O) groups is 4. The van der Waals surface area contributed by atoms with E-state index in [1.807, 2.05) is 12.4 Å². The summed E-state index contributed by atoms with van der Waals surface area (Å²) in [6.45, 7) is 1.07. The lowest BCUT2D eigenvalue weighted by molar-refractivity contribution is -0.136. The number of ether oxygens (including phenoxy) is 3. The molecule has 6 rings (SSSR count). The summed E-state index contributed by atoms with van der Waals surface area (Å²) in [4.78, 5) is 69.5. The van der Waals surface area contributed by atoms with Crippen molar-refractivity contribution >= 4 is 29.6 Å². The maximum atomic E-state index is 13.4. The minimum absolute atomic E-state index is 0.0388. The van der Waals surface area contributed by atoms with Crippen LogP contribution in [0.15, 0.2) is 42.7 Å². The minimum atomic E-state index is -1.27. The van der Waals surface area contributed by atoms with Gasteiger partial charge in [0, 0.05) is 45.3 Å².